The number of nitrogens with one attached hydrogen (secondary N) is 1. The highest BCUT2D eigenvalue weighted by molar-refractivity contribution is 7.81. The largest absolute Gasteiger partial charge is 0.493 e. The van der Waals surface area contributed by atoms with Gasteiger partial charge in [0, 0.05) is 12.6 Å². The second-order valence-corrected chi connectivity index (χ2v) is 11.0. The number of carbonyl (C=O) groups excluding carboxylic acids is 1. The van der Waals surface area contributed by atoms with Crippen LogP contribution in [0.4, 0.5) is 33.3 Å². The molecular formula is C27H30F5N5O2S. The molecule has 1 aromatic carbocycles. The van der Waals surface area contributed by atoms with Crippen molar-refractivity contribution < 1.29 is 31.5 Å². The van der Waals surface area contributed by atoms with Crippen molar-refractivity contribution in [3.63, 3.8) is 0 Å². The molecule has 0 saturated carbocycles. The van der Waals surface area contributed by atoms with Crippen molar-refractivity contribution in [1.82, 2.24) is 10.3 Å². The van der Waals surface area contributed by atoms with Crippen LogP contribution < -0.4 is 19.9 Å². The van der Waals surface area contributed by atoms with E-state index in [4.69, 9.17) is 10.00 Å². The number of rotatable bonds is 7. The van der Waals surface area contributed by atoms with E-state index in [2.05, 4.69) is 22.9 Å². The SMILES string of the molecule is CC(F)(F)c1cc(N2C(S)N(c3cnc(C#N)c(C(F)(F)F)c3)C(=O)C2(C)C)ccc1OCCC1CCNCC1. The highest BCUT2D eigenvalue weighted by atomic mass is 32.1. The van der Waals surface area contributed by atoms with Crippen LogP contribution in [0.15, 0.2) is 30.5 Å². The van der Waals surface area contributed by atoms with Crippen LogP contribution in [0.25, 0.3) is 0 Å². The van der Waals surface area contributed by atoms with Crippen molar-refractivity contribution in [2.45, 2.75) is 63.2 Å². The molecule has 2 saturated heterocycles. The summed E-state index contributed by atoms with van der Waals surface area (Å²) in [6.45, 7) is 5.90. The molecule has 1 N–H and O–H groups in total. The van der Waals surface area contributed by atoms with Crippen LogP contribution in [0.5, 0.6) is 5.75 Å². The molecule has 1 aromatic heterocycles. The first-order valence-electron chi connectivity index (χ1n) is 12.8. The summed E-state index contributed by atoms with van der Waals surface area (Å²) in [7, 11) is 0. The number of piperidine rings is 1. The summed E-state index contributed by atoms with van der Waals surface area (Å²) in [5, 5.41) is 12.3. The number of carbonyl (C=O) groups is 1. The number of nitrogens with zero attached hydrogens (tertiary/aromatic N) is 4. The van der Waals surface area contributed by atoms with E-state index in [1.807, 2.05) is 0 Å². The Bertz CT molecular complexity index is 1300. The molecular weight excluding hydrogens is 553 g/mol. The van der Waals surface area contributed by atoms with Crippen molar-refractivity contribution in [1.29, 1.82) is 5.26 Å². The fourth-order valence-corrected chi connectivity index (χ4v) is 5.81. The molecule has 0 aliphatic carbocycles. The molecule has 0 spiro atoms. The average molecular weight is 584 g/mol. The Labute approximate surface area is 234 Å². The number of pyridine rings is 1. The standard InChI is InChI=1S/C27H30F5N5O2S/c1-25(2)23(38)36(18-13-19(27(30,31)32)21(14-33)35-15-18)24(40)37(25)17-4-5-22(20(12-17)26(3,28)29)39-11-8-16-6-9-34-10-7-16/h4-5,12-13,15-16,24,34,40H,6-11H2,1-3H3. The monoisotopic (exact) mass is 583 g/mol. The number of hydrogen-bond donors (Lipinski definition) is 2. The van der Waals surface area contributed by atoms with Gasteiger partial charge in [-0.2, -0.15) is 18.4 Å². The van der Waals surface area contributed by atoms with Crippen molar-refractivity contribution in [3.05, 3.63) is 47.3 Å². The van der Waals surface area contributed by atoms with Gasteiger partial charge in [0.2, 0.25) is 0 Å². The molecule has 2 aliphatic rings. The molecule has 7 nitrogen and oxygen atoms in total. The fraction of sp³-hybridized carbons (Fsp3) is 0.519. The predicted molar refractivity (Wildman–Crippen MR) is 142 cm³/mol. The molecule has 2 aromatic rings. The number of alkyl halides is 5. The molecule has 0 bridgehead atoms. The number of halogens is 5. The first-order valence-corrected chi connectivity index (χ1v) is 13.3. The maximum Gasteiger partial charge on any atom is 0.419 e. The van der Waals surface area contributed by atoms with Crippen LogP contribution >= 0.6 is 12.6 Å². The van der Waals surface area contributed by atoms with E-state index in [-0.39, 0.29) is 29.3 Å². The maximum absolute atomic E-state index is 14.8. The molecule has 3 heterocycles. The van der Waals surface area contributed by atoms with E-state index in [1.54, 1.807) is 0 Å². The molecule has 2 aliphatic heterocycles. The molecule has 2 fully saturated rings. The molecule has 4 rings (SSSR count). The first-order chi connectivity index (χ1) is 18.7. The summed E-state index contributed by atoms with van der Waals surface area (Å²) in [5.74, 6) is -3.43. The number of thiol groups is 1. The van der Waals surface area contributed by atoms with Gasteiger partial charge in [-0.3, -0.25) is 9.69 Å². The Kier molecular flexibility index (Phi) is 8.25. The number of anilines is 2. The van der Waals surface area contributed by atoms with Gasteiger partial charge >= 0.3 is 6.18 Å². The lowest BCUT2D eigenvalue weighted by Crippen LogP contribution is -2.45. The molecule has 216 valence electrons. The van der Waals surface area contributed by atoms with Crippen LogP contribution in [-0.4, -0.2) is 41.6 Å². The summed E-state index contributed by atoms with van der Waals surface area (Å²) in [4.78, 5) is 19.5. The lowest BCUT2D eigenvalue weighted by Gasteiger charge is -2.34. The van der Waals surface area contributed by atoms with E-state index in [1.165, 1.54) is 43.0 Å². The van der Waals surface area contributed by atoms with Gasteiger partial charge in [0.25, 0.3) is 11.8 Å². The van der Waals surface area contributed by atoms with Gasteiger partial charge in [0.1, 0.15) is 17.4 Å². The first kappa shape index (κ1) is 29.9. The number of nitriles is 1. The third-order valence-electron chi connectivity index (χ3n) is 7.33. The van der Waals surface area contributed by atoms with Crippen LogP contribution in [0.2, 0.25) is 0 Å². The Morgan fingerprint density at radius 2 is 1.80 bits per heavy atom. The second-order valence-electron chi connectivity index (χ2n) is 10.5. The Morgan fingerprint density at radius 3 is 2.40 bits per heavy atom. The van der Waals surface area contributed by atoms with Crippen molar-refractivity contribution >= 4 is 29.9 Å². The highest BCUT2D eigenvalue weighted by Gasteiger charge is 2.52. The molecule has 1 unspecified atom stereocenters. The van der Waals surface area contributed by atoms with Gasteiger partial charge in [0.15, 0.2) is 11.2 Å². The smallest absolute Gasteiger partial charge is 0.419 e. The van der Waals surface area contributed by atoms with Crippen molar-refractivity contribution in [2.75, 3.05) is 29.5 Å². The molecule has 1 atom stereocenters. The van der Waals surface area contributed by atoms with Crippen LogP contribution in [0, 0.1) is 17.2 Å². The minimum atomic E-state index is -4.89. The third-order valence-corrected chi connectivity index (χ3v) is 7.79. The number of ether oxygens (including phenoxy) is 1. The zero-order valence-electron chi connectivity index (χ0n) is 22.2. The van der Waals surface area contributed by atoms with E-state index < -0.39 is 40.3 Å². The van der Waals surface area contributed by atoms with E-state index in [9.17, 15) is 26.7 Å². The normalized spacial score (nSPS) is 20.1. The Hall–Kier alpha value is -3.11. The third kappa shape index (κ3) is 5.83. The topological polar surface area (TPSA) is 81.5 Å². The number of amides is 1. The summed E-state index contributed by atoms with van der Waals surface area (Å²) in [6, 6.07) is 6.23. The lowest BCUT2D eigenvalue weighted by molar-refractivity contribution is -0.138. The Morgan fingerprint density at radius 1 is 1.15 bits per heavy atom. The molecule has 0 radical (unpaired) electrons. The fourth-order valence-electron chi connectivity index (χ4n) is 5.15. The van der Waals surface area contributed by atoms with Gasteiger partial charge in [-0.15, -0.1) is 12.6 Å². The van der Waals surface area contributed by atoms with Crippen LogP contribution in [0.3, 0.4) is 0 Å². The predicted octanol–water partition coefficient (Wildman–Crippen LogP) is 5.70. The molecule has 13 heteroatoms. The van der Waals surface area contributed by atoms with Gasteiger partial charge in [-0.25, -0.2) is 13.8 Å². The average Bonchev–Trinajstić information content (AvgIpc) is 3.06. The Balaban J connectivity index is 1.66. The van der Waals surface area contributed by atoms with Gasteiger partial charge in [0.05, 0.1) is 29.6 Å². The zero-order valence-corrected chi connectivity index (χ0v) is 23.1. The second kappa shape index (κ2) is 11.0. The summed E-state index contributed by atoms with van der Waals surface area (Å²) in [6.07, 6.45) is -1.17. The molecule has 40 heavy (non-hydrogen) atoms. The van der Waals surface area contributed by atoms with Crippen molar-refractivity contribution in [2.24, 2.45) is 5.92 Å². The number of benzene rings is 1. The number of hydrogen-bond acceptors (Lipinski definition) is 7. The highest BCUT2D eigenvalue weighted by Crippen LogP contribution is 2.44. The minimum Gasteiger partial charge on any atom is -0.493 e. The molecule has 1 amide bonds. The van der Waals surface area contributed by atoms with Gasteiger partial charge < -0.3 is 15.0 Å². The van der Waals surface area contributed by atoms with Crippen LogP contribution in [-0.2, 0) is 16.9 Å². The minimum absolute atomic E-state index is 0.0206. The summed E-state index contributed by atoms with van der Waals surface area (Å²) in [5.41, 5.74) is -5.07. The summed E-state index contributed by atoms with van der Waals surface area (Å²) < 4.78 is 76.0. The summed E-state index contributed by atoms with van der Waals surface area (Å²) >= 11 is 4.51. The van der Waals surface area contributed by atoms with Gasteiger partial charge in [-0.05, 0) is 76.4 Å². The zero-order chi connectivity index (χ0) is 29.5. The van der Waals surface area contributed by atoms with Crippen LogP contribution in [0.1, 0.15) is 56.9 Å². The maximum atomic E-state index is 14.8. The lowest BCUT2D eigenvalue weighted by atomic mass is 9.95. The quantitative estimate of drug-likeness (QED) is 0.322. The van der Waals surface area contributed by atoms with Gasteiger partial charge in [-0.1, -0.05) is 0 Å². The van der Waals surface area contributed by atoms with Crippen molar-refractivity contribution in [3.8, 4) is 11.8 Å². The number of aromatic nitrogens is 1. The van der Waals surface area contributed by atoms with E-state index in [0.717, 1.165) is 50.4 Å². The van der Waals surface area contributed by atoms with E-state index >= 15 is 0 Å². The van der Waals surface area contributed by atoms with E-state index in [0.29, 0.717) is 12.0 Å².